The van der Waals surface area contributed by atoms with Gasteiger partial charge in [0.25, 0.3) is 0 Å². The van der Waals surface area contributed by atoms with Crippen LogP contribution in [-0.2, 0) is 9.47 Å². The van der Waals surface area contributed by atoms with Gasteiger partial charge in [0.2, 0.25) is 0 Å². The maximum Gasteiger partial charge on any atom is 0.181 e. The second kappa shape index (κ2) is 6.99. The third-order valence-corrected chi connectivity index (χ3v) is 5.30. The average molecular weight is 327 g/mol. The SMILES string of the molecule is C=C(O)N(CCC)C(O)C1COC2(CCC(C(C)(C)C)CC2)O1. The van der Waals surface area contributed by atoms with Gasteiger partial charge in [0.15, 0.2) is 17.9 Å². The van der Waals surface area contributed by atoms with Gasteiger partial charge in [0.05, 0.1) is 6.61 Å². The molecule has 2 aliphatic rings. The minimum absolute atomic E-state index is 0.125. The van der Waals surface area contributed by atoms with Crippen molar-refractivity contribution in [3.63, 3.8) is 0 Å². The van der Waals surface area contributed by atoms with E-state index in [9.17, 15) is 10.2 Å². The van der Waals surface area contributed by atoms with Crippen LogP contribution in [0.15, 0.2) is 12.5 Å². The van der Waals surface area contributed by atoms with Crippen LogP contribution in [-0.4, -0.2) is 46.4 Å². The smallest absolute Gasteiger partial charge is 0.181 e. The molecule has 2 rings (SSSR count). The molecule has 2 unspecified atom stereocenters. The lowest BCUT2D eigenvalue weighted by Crippen LogP contribution is -2.46. The van der Waals surface area contributed by atoms with E-state index in [0.717, 1.165) is 32.1 Å². The summed E-state index contributed by atoms with van der Waals surface area (Å²) in [6, 6.07) is 0. The zero-order valence-electron chi connectivity index (χ0n) is 15.0. The summed E-state index contributed by atoms with van der Waals surface area (Å²) in [6.07, 6.45) is 3.33. The molecular formula is C18H33NO4. The van der Waals surface area contributed by atoms with Gasteiger partial charge in [-0.3, -0.25) is 0 Å². The number of ether oxygens (including phenoxy) is 2. The minimum atomic E-state index is -0.924. The summed E-state index contributed by atoms with van der Waals surface area (Å²) < 4.78 is 12.1. The molecule has 0 aromatic carbocycles. The minimum Gasteiger partial charge on any atom is -0.495 e. The van der Waals surface area contributed by atoms with Crippen LogP contribution >= 0.6 is 0 Å². The van der Waals surface area contributed by atoms with Crippen LogP contribution in [0.1, 0.15) is 59.8 Å². The van der Waals surface area contributed by atoms with E-state index in [0.29, 0.717) is 24.5 Å². The van der Waals surface area contributed by atoms with Gasteiger partial charge in [-0.1, -0.05) is 27.7 Å². The maximum absolute atomic E-state index is 10.5. The van der Waals surface area contributed by atoms with Gasteiger partial charge in [0, 0.05) is 19.4 Å². The Morgan fingerprint density at radius 1 is 1.35 bits per heavy atom. The van der Waals surface area contributed by atoms with E-state index in [1.807, 2.05) is 6.92 Å². The fourth-order valence-electron chi connectivity index (χ4n) is 3.77. The predicted molar refractivity (Wildman–Crippen MR) is 89.7 cm³/mol. The Hall–Kier alpha value is -0.780. The first-order valence-corrected chi connectivity index (χ1v) is 8.83. The van der Waals surface area contributed by atoms with Crippen molar-refractivity contribution in [3.05, 3.63) is 12.5 Å². The van der Waals surface area contributed by atoms with Crippen LogP contribution in [0.3, 0.4) is 0 Å². The first-order chi connectivity index (χ1) is 10.7. The third kappa shape index (κ3) is 4.20. The highest BCUT2D eigenvalue weighted by molar-refractivity contribution is 4.92. The van der Waals surface area contributed by atoms with E-state index in [-0.39, 0.29) is 5.88 Å². The van der Waals surface area contributed by atoms with Crippen LogP contribution in [0.2, 0.25) is 0 Å². The molecule has 2 fully saturated rings. The zero-order chi connectivity index (χ0) is 17.3. The Bertz CT molecular complexity index is 410. The molecule has 1 spiro atoms. The molecule has 1 aliphatic carbocycles. The van der Waals surface area contributed by atoms with Gasteiger partial charge in [-0.15, -0.1) is 0 Å². The quantitative estimate of drug-likeness (QED) is 0.598. The van der Waals surface area contributed by atoms with Gasteiger partial charge in [-0.05, 0) is 37.2 Å². The van der Waals surface area contributed by atoms with Gasteiger partial charge in [-0.25, -0.2) is 0 Å². The van der Waals surface area contributed by atoms with E-state index < -0.39 is 18.1 Å². The number of hydrogen-bond acceptors (Lipinski definition) is 5. The Morgan fingerprint density at radius 3 is 2.43 bits per heavy atom. The Kier molecular flexibility index (Phi) is 5.64. The number of nitrogens with zero attached hydrogens (tertiary/aromatic N) is 1. The second-order valence-corrected chi connectivity index (χ2v) is 8.04. The molecule has 1 saturated carbocycles. The number of aliphatic hydroxyl groups excluding tert-OH is 2. The molecule has 0 aromatic rings. The van der Waals surface area contributed by atoms with Crippen molar-refractivity contribution in [3.8, 4) is 0 Å². The Balaban J connectivity index is 1.94. The van der Waals surface area contributed by atoms with Crippen LogP contribution in [0.25, 0.3) is 0 Å². The number of aliphatic hydroxyl groups is 2. The van der Waals surface area contributed by atoms with Crippen molar-refractivity contribution < 1.29 is 19.7 Å². The van der Waals surface area contributed by atoms with E-state index >= 15 is 0 Å². The zero-order valence-corrected chi connectivity index (χ0v) is 15.0. The summed E-state index contributed by atoms with van der Waals surface area (Å²) >= 11 is 0. The van der Waals surface area contributed by atoms with Gasteiger partial charge in [0.1, 0.15) is 6.10 Å². The molecule has 23 heavy (non-hydrogen) atoms. The molecule has 0 bridgehead atoms. The molecule has 134 valence electrons. The van der Waals surface area contributed by atoms with Crippen molar-refractivity contribution >= 4 is 0 Å². The summed E-state index contributed by atoms with van der Waals surface area (Å²) in [6.45, 7) is 13.3. The summed E-state index contributed by atoms with van der Waals surface area (Å²) in [4.78, 5) is 1.48. The largest absolute Gasteiger partial charge is 0.495 e. The van der Waals surface area contributed by atoms with E-state index in [1.54, 1.807) is 0 Å². The van der Waals surface area contributed by atoms with Gasteiger partial charge in [-0.2, -0.15) is 0 Å². The maximum atomic E-state index is 10.5. The third-order valence-electron chi connectivity index (χ3n) is 5.30. The predicted octanol–water partition coefficient (Wildman–Crippen LogP) is 3.39. The second-order valence-electron chi connectivity index (χ2n) is 8.04. The summed E-state index contributed by atoms with van der Waals surface area (Å²) in [7, 11) is 0. The normalized spacial score (nSPS) is 32.9. The van der Waals surface area contributed by atoms with Crippen LogP contribution in [0, 0.1) is 11.3 Å². The molecule has 5 heteroatoms. The molecule has 0 aromatic heterocycles. The molecular weight excluding hydrogens is 294 g/mol. The van der Waals surface area contributed by atoms with Crippen LogP contribution < -0.4 is 0 Å². The molecule has 5 nitrogen and oxygen atoms in total. The standard InChI is InChI=1S/C18H33NO4/c1-6-11-19(13(2)20)16(21)15-12-22-18(23-15)9-7-14(8-10-18)17(3,4)5/h14-16,20-21H,2,6-12H2,1,3-5H3. The van der Waals surface area contributed by atoms with Crippen molar-refractivity contribution in [2.45, 2.75) is 77.9 Å². The van der Waals surface area contributed by atoms with Crippen molar-refractivity contribution in [1.82, 2.24) is 4.90 Å². The lowest BCUT2D eigenvalue weighted by molar-refractivity contribution is -0.213. The average Bonchev–Trinajstić information content (AvgIpc) is 2.87. The van der Waals surface area contributed by atoms with Gasteiger partial charge < -0.3 is 24.6 Å². The summed E-state index contributed by atoms with van der Waals surface area (Å²) in [5, 5.41) is 20.2. The Labute approximate surface area is 140 Å². The fraction of sp³-hybridized carbons (Fsp3) is 0.889. The number of rotatable bonds is 5. The van der Waals surface area contributed by atoms with E-state index in [1.165, 1.54) is 4.90 Å². The molecule has 0 amide bonds. The van der Waals surface area contributed by atoms with Crippen molar-refractivity contribution in [2.75, 3.05) is 13.2 Å². The summed E-state index contributed by atoms with van der Waals surface area (Å²) in [5.41, 5.74) is 0.311. The molecule has 2 N–H and O–H groups in total. The highest BCUT2D eigenvalue weighted by atomic mass is 16.7. The van der Waals surface area contributed by atoms with Gasteiger partial charge >= 0.3 is 0 Å². The molecule has 1 heterocycles. The highest BCUT2D eigenvalue weighted by Gasteiger charge is 2.48. The lowest BCUT2D eigenvalue weighted by atomic mass is 9.71. The molecule has 0 radical (unpaired) electrons. The highest BCUT2D eigenvalue weighted by Crippen LogP contribution is 2.46. The fourth-order valence-corrected chi connectivity index (χ4v) is 3.77. The summed E-state index contributed by atoms with van der Waals surface area (Å²) in [5.74, 6) is 0.000618. The van der Waals surface area contributed by atoms with Crippen molar-refractivity contribution in [2.24, 2.45) is 11.3 Å². The lowest BCUT2D eigenvalue weighted by Gasteiger charge is -2.41. The first-order valence-electron chi connectivity index (χ1n) is 8.83. The van der Waals surface area contributed by atoms with Crippen molar-refractivity contribution in [1.29, 1.82) is 0 Å². The van der Waals surface area contributed by atoms with Crippen LogP contribution in [0.4, 0.5) is 0 Å². The first kappa shape index (κ1) is 18.6. The molecule has 2 atom stereocenters. The topological polar surface area (TPSA) is 62.2 Å². The molecule has 1 aliphatic heterocycles. The Morgan fingerprint density at radius 2 is 1.96 bits per heavy atom. The van der Waals surface area contributed by atoms with E-state index in [2.05, 4.69) is 27.4 Å². The number of hydrogen-bond donors (Lipinski definition) is 2. The van der Waals surface area contributed by atoms with E-state index in [4.69, 9.17) is 9.47 Å². The van der Waals surface area contributed by atoms with Crippen LogP contribution in [0.5, 0.6) is 0 Å². The monoisotopic (exact) mass is 327 g/mol. The molecule has 1 saturated heterocycles.